The number of hydrogen-bond donors (Lipinski definition) is 2. The minimum Gasteiger partial charge on any atom is -0.481 e. The van der Waals surface area contributed by atoms with Crippen molar-refractivity contribution in [1.29, 1.82) is 0 Å². The Morgan fingerprint density at radius 2 is 1.56 bits per heavy atom. The molecule has 0 aromatic carbocycles. The van der Waals surface area contributed by atoms with Gasteiger partial charge in [-0.2, -0.15) is 0 Å². The smallest absolute Gasteiger partial charge is 0.331 e. The number of carboxylic acids is 2. The molecule has 0 amide bonds. The van der Waals surface area contributed by atoms with Crippen molar-refractivity contribution in [3.63, 3.8) is 0 Å². The zero-order valence-electron chi connectivity index (χ0n) is 15.8. The lowest BCUT2D eigenvalue weighted by atomic mass is 9.78. The first-order chi connectivity index (χ1) is 12.0. The van der Waals surface area contributed by atoms with E-state index in [4.69, 9.17) is 5.11 Å². The first-order valence-electron chi connectivity index (χ1n) is 10.2. The van der Waals surface area contributed by atoms with E-state index in [1.807, 2.05) is 0 Å². The van der Waals surface area contributed by atoms with Crippen molar-refractivity contribution in [3.8, 4) is 0 Å². The molecule has 1 aliphatic rings. The van der Waals surface area contributed by atoms with Gasteiger partial charge in [0.2, 0.25) is 0 Å². The van der Waals surface area contributed by atoms with E-state index >= 15 is 0 Å². The van der Waals surface area contributed by atoms with Crippen LogP contribution in [0.15, 0.2) is 11.6 Å². The summed E-state index contributed by atoms with van der Waals surface area (Å²) in [6.07, 6.45) is 16.4. The van der Waals surface area contributed by atoms with Gasteiger partial charge in [0.25, 0.3) is 0 Å². The van der Waals surface area contributed by atoms with Crippen LogP contribution in [0, 0.1) is 11.8 Å². The van der Waals surface area contributed by atoms with Crippen molar-refractivity contribution in [3.05, 3.63) is 11.6 Å². The molecule has 0 aromatic heterocycles. The number of unbranched alkanes of at least 4 members (excludes halogenated alkanes) is 7. The van der Waals surface area contributed by atoms with Crippen molar-refractivity contribution < 1.29 is 19.8 Å². The summed E-state index contributed by atoms with van der Waals surface area (Å²) in [6.45, 7) is 2.20. The predicted octanol–water partition coefficient (Wildman–Crippen LogP) is 5.81. The Morgan fingerprint density at radius 3 is 2.20 bits per heavy atom. The van der Waals surface area contributed by atoms with Crippen LogP contribution in [0.2, 0.25) is 0 Å². The summed E-state index contributed by atoms with van der Waals surface area (Å²) in [5, 5.41) is 18.1. The molecule has 0 spiro atoms. The molecular weight excluding hydrogens is 316 g/mol. The van der Waals surface area contributed by atoms with Gasteiger partial charge in [0.15, 0.2) is 0 Å². The van der Waals surface area contributed by atoms with Gasteiger partial charge in [-0.15, -0.1) is 0 Å². The lowest BCUT2D eigenvalue weighted by Gasteiger charge is -2.27. The molecule has 0 heterocycles. The normalized spacial score (nSPS) is 20.3. The van der Waals surface area contributed by atoms with Crippen molar-refractivity contribution in [2.75, 3.05) is 0 Å². The molecular formula is C21H36O4. The lowest BCUT2D eigenvalue weighted by molar-refractivity contribution is -0.137. The molecule has 144 valence electrons. The number of hydrogen-bond acceptors (Lipinski definition) is 2. The number of carboxylic acid groups (broad SMARTS) is 2. The molecule has 0 fully saturated rings. The first-order valence-corrected chi connectivity index (χ1v) is 10.2. The molecule has 0 saturated heterocycles. The number of rotatable bonds is 14. The number of carbonyl (C=O) groups is 2. The van der Waals surface area contributed by atoms with Gasteiger partial charge in [0.05, 0.1) is 0 Å². The second-order valence-corrected chi connectivity index (χ2v) is 7.51. The van der Waals surface area contributed by atoms with E-state index in [2.05, 4.69) is 13.0 Å². The summed E-state index contributed by atoms with van der Waals surface area (Å²) in [5.41, 5.74) is 0.661. The highest BCUT2D eigenvalue weighted by atomic mass is 16.4. The highest BCUT2D eigenvalue weighted by molar-refractivity contribution is 5.87. The summed E-state index contributed by atoms with van der Waals surface area (Å²) in [5.74, 6) is -0.743. The first kappa shape index (κ1) is 21.7. The van der Waals surface area contributed by atoms with Gasteiger partial charge in [-0.1, -0.05) is 64.4 Å². The second kappa shape index (κ2) is 13.0. The van der Waals surface area contributed by atoms with Crippen LogP contribution in [0.5, 0.6) is 0 Å². The van der Waals surface area contributed by atoms with Crippen LogP contribution in [0.25, 0.3) is 0 Å². The molecule has 0 aliphatic heterocycles. The minimum absolute atomic E-state index is 0.229. The fourth-order valence-corrected chi connectivity index (χ4v) is 3.85. The molecule has 0 radical (unpaired) electrons. The quantitative estimate of drug-likeness (QED) is 0.387. The molecule has 2 atom stereocenters. The Bertz CT molecular complexity index is 428. The van der Waals surface area contributed by atoms with Crippen LogP contribution in [-0.4, -0.2) is 22.2 Å². The van der Waals surface area contributed by atoms with Crippen molar-refractivity contribution >= 4 is 11.9 Å². The summed E-state index contributed by atoms with van der Waals surface area (Å²) < 4.78 is 0. The van der Waals surface area contributed by atoms with E-state index in [0.717, 1.165) is 64.2 Å². The fourth-order valence-electron chi connectivity index (χ4n) is 3.85. The molecule has 0 saturated carbocycles. The Hall–Kier alpha value is -1.32. The van der Waals surface area contributed by atoms with E-state index in [9.17, 15) is 14.7 Å². The van der Waals surface area contributed by atoms with Gasteiger partial charge in [0, 0.05) is 12.0 Å². The molecule has 0 aromatic rings. The van der Waals surface area contributed by atoms with Crippen molar-refractivity contribution in [1.82, 2.24) is 0 Å². The molecule has 0 bridgehead atoms. The zero-order chi connectivity index (χ0) is 18.5. The summed E-state index contributed by atoms with van der Waals surface area (Å²) >= 11 is 0. The molecule has 1 aliphatic carbocycles. The Balaban J connectivity index is 2.24. The van der Waals surface area contributed by atoms with E-state index in [-0.39, 0.29) is 12.3 Å². The van der Waals surface area contributed by atoms with E-state index in [1.54, 1.807) is 0 Å². The fraction of sp³-hybridized carbons (Fsp3) is 0.810. The maximum Gasteiger partial charge on any atom is 0.331 e. The van der Waals surface area contributed by atoms with Gasteiger partial charge in [-0.05, 0) is 43.9 Å². The topological polar surface area (TPSA) is 74.6 Å². The molecule has 4 nitrogen and oxygen atoms in total. The molecule has 1 rings (SSSR count). The number of allylic oxidation sites excluding steroid dienone is 1. The van der Waals surface area contributed by atoms with Crippen LogP contribution >= 0.6 is 0 Å². The average molecular weight is 353 g/mol. The third-order valence-corrected chi connectivity index (χ3v) is 5.36. The van der Waals surface area contributed by atoms with Crippen molar-refractivity contribution in [2.45, 2.75) is 96.8 Å². The third-order valence-electron chi connectivity index (χ3n) is 5.36. The summed E-state index contributed by atoms with van der Waals surface area (Å²) in [6, 6.07) is 0. The highest BCUT2D eigenvalue weighted by Crippen LogP contribution is 2.34. The van der Waals surface area contributed by atoms with E-state index < -0.39 is 11.9 Å². The molecule has 2 unspecified atom stereocenters. The third kappa shape index (κ3) is 9.66. The highest BCUT2D eigenvalue weighted by Gasteiger charge is 2.26. The van der Waals surface area contributed by atoms with E-state index in [0.29, 0.717) is 11.5 Å². The summed E-state index contributed by atoms with van der Waals surface area (Å²) in [7, 11) is 0. The number of aliphatic carboxylic acids is 2. The van der Waals surface area contributed by atoms with Gasteiger partial charge < -0.3 is 10.2 Å². The summed E-state index contributed by atoms with van der Waals surface area (Å²) in [4.78, 5) is 22.0. The molecule has 2 N–H and O–H groups in total. The monoisotopic (exact) mass is 352 g/mol. The van der Waals surface area contributed by atoms with Crippen LogP contribution in [0.1, 0.15) is 96.8 Å². The Morgan fingerprint density at radius 1 is 0.920 bits per heavy atom. The SMILES string of the molecule is CCCCCC1C=C(C(=O)O)C(CCCCCCCCC(=O)O)CC1. The maximum atomic E-state index is 11.6. The maximum absolute atomic E-state index is 11.6. The average Bonchev–Trinajstić information content (AvgIpc) is 2.57. The zero-order valence-corrected chi connectivity index (χ0v) is 15.8. The lowest BCUT2D eigenvalue weighted by Crippen LogP contribution is -2.20. The van der Waals surface area contributed by atoms with E-state index in [1.165, 1.54) is 19.3 Å². The van der Waals surface area contributed by atoms with Crippen LogP contribution < -0.4 is 0 Å². The molecule has 4 heteroatoms. The standard InChI is InChI=1S/C21H36O4/c1-2-3-8-11-17-14-15-18(19(16-17)21(24)25)12-9-6-4-5-7-10-13-20(22)23/h16-18H,2-15H2,1H3,(H,22,23)(H,24,25). The minimum atomic E-state index is -0.723. The van der Waals surface area contributed by atoms with Crippen LogP contribution in [0.3, 0.4) is 0 Å². The van der Waals surface area contributed by atoms with Gasteiger partial charge in [0.1, 0.15) is 0 Å². The van der Waals surface area contributed by atoms with Crippen molar-refractivity contribution in [2.24, 2.45) is 11.8 Å². The Kier molecular flexibility index (Phi) is 11.3. The van der Waals surface area contributed by atoms with Crippen LogP contribution in [0.4, 0.5) is 0 Å². The predicted molar refractivity (Wildman–Crippen MR) is 101 cm³/mol. The van der Waals surface area contributed by atoms with Gasteiger partial charge in [-0.3, -0.25) is 4.79 Å². The molecule has 25 heavy (non-hydrogen) atoms. The van der Waals surface area contributed by atoms with Crippen LogP contribution in [-0.2, 0) is 9.59 Å². The van der Waals surface area contributed by atoms with Gasteiger partial charge in [-0.25, -0.2) is 4.79 Å². The second-order valence-electron chi connectivity index (χ2n) is 7.51. The largest absolute Gasteiger partial charge is 0.481 e. The van der Waals surface area contributed by atoms with Gasteiger partial charge >= 0.3 is 11.9 Å². The Labute approximate surface area is 152 Å².